The molecular formula is C43H39F3N2O6. The Morgan fingerprint density at radius 1 is 0.796 bits per heavy atom. The molecule has 0 saturated carbocycles. The zero-order valence-corrected chi connectivity index (χ0v) is 30.0. The summed E-state index contributed by atoms with van der Waals surface area (Å²) in [6.45, 7) is 7.05. The average molecular weight is 737 g/mol. The normalized spacial score (nSPS) is 14.7. The summed E-state index contributed by atoms with van der Waals surface area (Å²) in [6, 6.07) is 34.6. The van der Waals surface area contributed by atoms with Crippen molar-refractivity contribution in [2.75, 3.05) is 25.0 Å². The monoisotopic (exact) mass is 736 g/mol. The summed E-state index contributed by atoms with van der Waals surface area (Å²) in [5.74, 6) is -1.69. The van der Waals surface area contributed by atoms with Gasteiger partial charge in [-0.15, -0.1) is 0 Å². The van der Waals surface area contributed by atoms with E-state index >= 15 is 0 Å². The molecule has 5 aromatic rings. The van der Waals surface area contributed by atoms with Gasteiger partial charge in [0.25, 0.3) is 5.91 Å². The Morgan fingerprint density at radius 2 is 1.41 bits per heavy atom. The number of likely N-dealkylation sites (N-methyl/N-ethyl adjacent to an activating group) is 1. The fourth-order valence-electron chi connectivity index (χ4n) is 5.95. The Kier molecular flexibility index (Phi) is 12.3. The molecule has 1 aliphatic rings. The number of cyclic esters (lactones) is 1. The molecule has 1 atom stereocenters. The van der Waals surface area contributed by atoms with E-state index in [2.05, 4.69) is 5.32 Å². The number of halogens is 3. The van der Waals surface area contributed by atoms with Crippen molar-refractivity contribution in [3.63, 3.8) is 0 Å². The lowest BCUT2D eigenvalue weighted by Crippen LogP contribution is -2.62. The second kappa shape index (κ2) is 17.1. The van der Waals surface area contributed by atoms with Crippen molar-refractivity contribution in [2.24, 2.45) is 0 Å². The highest BCUT2D eigenvalue weighted by atomic mass is 19.4. The minimum atomic E-state index is -4.45. The minimum Gasteiger partial charge on any atom is -0.462 e. The van der Waals surface area contributed by atoms with E-state index in [0.29, 0.717) is 24.2 Å². The van der Waals surface area contributed by atoms with Gasteiger partial charge in [-0.05, 0) is 73.4 Å². The van der Waals surface area contributed by atoms with E-state index in [-0.39, 0.29) is 35.9 Å². The van der Waals surface area contributed by atoms with E-state index in [1.54, 1.807) is 47.4 Å². The first-order valence-electron chi connectivity index (χ1n) is 17.3. The molecule has 2 amide bonds. The van der Waals surface area contributed by atoms with E-state index in [0.717, 1.165) is 28.8 Å². The molecule has 5 aromatic carbocycles. The van der Waals surface area contributed by atoms with Gasteiger partial charge in [0.05, 0.1) is 16.8 Å². The lowest BCUT2D eigenvalue weighted by Gasteiger charge is -2.40. The third-order valence-corrected chi connectivity index (χ3v) is 9.00. The van der Waals surface area contributed by atoms with Crippen molar-refractivity contribution >= 4 is 29.4 Å². The van der Waals surface area contributed by atoms with Crippen molar-refractivity contribution in [3.05, 3.63) is 161 Å². The first kappa shape index (κ1) is 39.0. The Morgan fingerprint density at radius 3 is 1.98 bits per heavy atom. The number of anilines is 1. The number of ether oxygens (including phenoxy) is 2. The molecule has 1 N–H and O–H groups in total. The number of hydrogen-bond donors (Lipinski definition) is 1. The van der Waals surface area contributed by atoms with Gasteiger partial charge in [-0.3, -0.25) is 14.4 Å². The van der Waals surface area contributed by atoms with Gasteiger partial charge in [0, 0.05) is 18.7 Å². The molecule has 54 heavy (non-hydrogen) atoms. The summed E-state index contributed by atoms with van der Waals surface area (Å²) in [5, 5.41) is 2.76. The van der Waals surface area contributed by atoms with E-state index in [1.807, 2.05) is 81.4 Å². The van der Waals surface area contributed by atoms with Crippen molar-refractivity contribution in [1.29, 1.82) is 0 Å². The molecule has 8 nitrogen and oxygen atoms in total. The quantitative estimate of drug-likeness (QED) is 0.114. The van der Waals surface area contributed by atoms with Crippen LogP contribution < -0.4 is 5.32 Å². The van der Waals surface area contributed by atoms with Crippen LogP contribution >= 0.6 is 0 Å². The van der Waals surface area contributed by atoms with E-state index in [9.17, 15) is 32.3 Å². The van der Waals surface area contributed by atoms with E-state index in [1.165, 1.54) is 12.1 Å². The van der Waals surface area contributed by atoms with E-state index < -0.39 is 35.0 Å². The van der Waals surface area contributed by atoms with Gasteiger partial charge in [-0.25, -0.2) is 4.79 Å². The topological polar surface area (TPSA) is 102 Å². The highest BCUT2D eigenvalue weighted by Gasteiger charge is 2.58. The molecule has 1 aliphatic heterocycles. The van der Waals surface area contributed by atoms with Gasteiger partial charge < -0.3 is 19.7 Å². The molecule has 1 fully saturated rings. The van der Waals surface area contributed by atoms with Crippen LogP contribution in [0.1, 0.15) is 56.8 Å². The molecule has 0 bridgehead atoms. The van der Waals surface area contributed by atoms with Crippen LogP contribution in [0, 0.1) is 6.92 Å². The number of rotatable bonds is 10. The summed E-state index contributed by atoms with van der Waals surface area (Å²) < 4.78 is 49.2. The number of carbonyl (C=O) groups excluding carboxylic acids is 4. The lowest BCUT2D eigenvalue weighted by atomic mass is 9.76. The number of amides is 2. The largest absolute Gasteiger partial charge is 0.462 e. The van der Waals surface area contributed by atoms with E-state index in [4.69, 9.17) is 9.47 Å². The highest BCUT2D eigenvalue weighted by Crippen LogP contribution is 2.36. The maximum atomic E-state index is 13.2. The van der Waals surface area contributed by atoms with Crippen LogP contribution in [-0.2, 0) is 37.3 Å². The fourth-order valence-corrected chi connectivity index (χ4v) is 5.95. The standard InChI is InChI=1S/C29H22F3NO3.C14H17NO3/c1-19-11-16-26(25(17-19)28(35)36-18-20-7-3-2-4-8-20)33-27(34)24-10-6-5-9-23(24)21-12-14-22(15-13-21)29(30,31)32;1-3-15(4-2)12(16)14(10-18-13(14)17)11-8-6-5-7-9-11/h2-17H,18H2,1H3,(H,33,34);5-9H,3-4,10H2,1-2H3. The number of alkyl halides is 3. The van der Waals surface area contributed by atoms with Crippen molar-refractivity contribution in [3.8, 4) is 11.1 Å². The van der Waals surface area contributed by atoms with Crippen LogP contribution in [0.15, 0.2) is 127 Å². The Balaban J connectivity index is 0.000000260. The summed E-state index contributed by atoms with van der Waals surface area (Å²) >= 11 is 0. The van der Waals surface area contributed by atoms with Crippen molar-refractivity contribution in [1.82, 2.24) is 4.90 Å². The third kappa shape index (κ3) is 8.69. The van der Waals surface area contributed by atoms with Gasteiger partial charge >= 0.3 is 18.1 Å². The molecule has 1 unspecified atom stereocenters. The predicted molar refractivity (Wildman–Crippen MR) is 199 cm³/mol. The molecule has 0 aliphatic carbocycles. The Labute approximate surface area is 311 Å². The highest BCUT2D eigenvalue weighted by molar-refractivity contribution is 6.12. The van der Waals surface area contributed by atoms with Crippen molar-refractivity contribution in [2.45, 2.75) is 39.0 Å². The zero-order chi connectivity index (χ0) is 38.9. The summed E-state index contributed by atoms with van der Waals surface area (Å²) in [6.07, 6.45) is -4.45. The number of hydrogen-bond acceptors (Lipinski definition) is 6. The summed E-state index contributed by atoms with van der Waals surface area (Å²) in [7, 11) is 0. The van der Waals surface area contributed by atoms with Crippen LogP contribution in [0.2, 0.25) is 0 Å². The maximum Gasteiger partial charge on any atom is 0.416 e. The third-order valence-electron chi connectivity index (χ3n) is 9.00. The number of nitrogens with one attached hydrogen (secondary N) is 1. The molecule has 0 radical (unpaired) electrons. The summed E-state index contributed by atoms with van der Waals surface area (Å²) in [4.78, 5) is 52.2. The molecular weight excluding hydrogens is 697 g/mol. The predicted octanol–water partition coefficient (Wildman–Crippen LogP) is 8.64. The Bertz CT molecular complexity index is 2100. The minimum absolute atomic E-state index is 0.0811. The molecule has 1 heterocycles. The SMILES string of the molecule is CCN(CC)C(=O)C1(c2ccccc2)COC1=O.Cc1ccc(NC(=O)c2ccccc2-c2ccc(C(F)(F)F)cc2)c(C(=O)OCc2ccccc2)c1. The van der Waals surface area contributed by atoms with Crippen molar-refractivity contribution < 1.29 is 41.8 Å². The molecule has 278 valence electrons. The number of esters is 2. The molecule has 0 aromatic heterocycles. The zero-order valence-electron chi connectivity index (χ0n) is 30.0. The lowest BCUT2D eigenvalue weighted by molar-refractivity contribution is -0.181. The Hall–Kier alpha value is -6.23. The smallest absolute Gasteiger partial charge is 0.416 e. The van der Waals surface area contributed by atoms with Crippen LogP contribution in [0.5, 0.6) is 0 Å². The van der Waals surface area contributed by atoms with Gasteiger partial charge in [-0.1, -0.05) is 103 Å². The molecule has 6 rings (SSSR count). The second-order valence-electron chi connectivity index (χ2n) is 12.5. The summed E-state index contributed by atoms with van der Waals surface area (Å²) in [5.41, 5.74) is 2.11. The van der Waals surface area contributed by atoms with Gasteiger partial charge in [0.1, 0.15) is 13.2 Å². The number of nitrogens with zero attached hydrogens (tertiary/aromatic N) is 1. The average Bonchev–Trinajstić information content (AvgIpc) is 3.18. The van der Waals surface area contributed by atoms with Crippen LogP contribution in [0.3, 0.4) is 0 Å². The molecule has 11 heteroatoms. The van der Waals surface area contributed by atoms with Gasteiger partial charge in [-0.2, -0.15) is 13.2 Å². The number of carbonyl (C=O) groups is 4. The first-order valence-corrected chi connectivity index (χ1v) is 17.3. The van der Waals surface area contributed by atoms with Gasteiger partial charge in [0.15, 0.2) is 0 Å². The second-order valence-corrected chi connectivity index (χ2v) is 12.5. The fraction of sp³-hybridized carbons (Fsp3) is 0.209. The number of aryl methyl sites for hydroxylation is 1. The van der Waals surface area contributed by atoms with Crippen LogP contribution in [0.4, 0.5) is 18.9 Å². The first-order chi connectivity index (χ1) is 25.9. The number of benzene rings is 5. The molecule has 0 spiro atoms. The van der Waals surface area contributed by atoms with Gasteiger partial charge in [0.2, 0.25) is 11.3 Å². The van der Waals surface area contributed by atoms with Crippen LogP contribution in [-0.4, -0.2) is 48.3 Å². The maximum absolute atomic E-state index is 13.2. The molecule has 1 saturated heterocycles. The van der Waals surface area contributed by atoms with Crippen LogP contribution in [0.25, 0.3) is 11.1 Å².